The van der Waals surface area contributed by atoms with Gasteiger partial charge in [-0.05, 0) is 5.56 Å². The molecule has 0 atom stereocenters. The molecule has 1 aromatic carbocycles. The molecule has 0 unspecified atom stereocenters. The van der Waals surface area contributed by atoms with Gasteiger partial charge in [0, 0.05) is 25.0 Å². The second-order valence-corrected chi connectivity index (χ2v) is 6.60. The van der Waals surface area contributed by atoms with Crippen LogP contribution in [0.1, 0.15) is 5.82 Å². The van der Waals surface area contributed by atoms with Crippen LogP contribution >= 0.6 is 23.1 Å². The summed E-state index contributed by atoms with van der Waals surface area (Å²) in [7, 11) is 3.55. The fourth-order valence-electron chi connectivity index (χ4n) is 2.28. The summed E-state index contributed by atoms with van der Waals surface area (Å²) in [6.45, 7) is 0. The Hall–Kier alpha value is -2.12. The summed E-state index contributed by atoms with van der Waals surface area (Å²) in [5.41, 5.74) is 1.87. The van der Waals surface area contributed by atoms with Gasteiger partial charge in [-0.15, -0.1) is 11.3 Å². The first kappa shape index (κ1) is 15.8. The topological polar surface area (TPSA) is 70.1 Å². The Morgan fingerprint density at radius 1 is 1.39 bits per heavy atom. The van der Waals surface area contributed by atoms with Crippen molar-refractivity contribution in [3.05, 3.63) is 51.9 Å². The van der Waals surface area contributed by atoms with Crippen molar-refractivity contribution in [2.45, 2.75) is 5.75 Å². The van der Waals surface area contributed by atoms with Crippen molar-refractivity contribution in [2.24, 2.45) is 4.99 Å². The highest BCUT2D eigenvalue weighted by atomic mass is 32.2. The average molecular weight is 344 g/mol. The van der Waals surface area contributed by atoms with Crippen molar-refractivity contribution >= 4 is 38.5 Å². The monoisotopic (exact) mass is 344 g/mol. The first-order valence-corrected chi connectivity index (χ1v) is 8.92. The molecule has 0 bridgehead atoms. The Labute approximate surface area is 141 Å². The molecule has 0 aliphatic rings. The van der Waals surface area contributed by atoms with Gasteiger partial charge in [0.2, 0.25) is 0 Å². The van der Waals surface area contributed by atoms with E-state index < -0.39 is 0 Å². The number of H-pyrrole nitrogens is 1. The lowest BCUT2D eigenvalue weighted by Crippen LogP contribution is -2.16. The molecule has 3 rings (SSSR count). The SMILES string of the molecule is CN=C(NC)SCc1nc2scc(-c3ccccc3)c2c(=O)[nH]1. The molecule has 0 radical (unpaired) electrons. The molecule has 0 fully saturated rings. The van der Waals surface area contributed by atoms with E-state index in [0.717, 1.165) is 21.1 Å². The summed E-state index contributed by atoms with van der Waals surface area (Å²) in [5, 5.41) is 6.46. The Morgan fingerprint density at radius 2 is 2.17 bits per heavy atom. The fraction of sp³-hybridized carbons (Fsp3) is 0.188. The zero-order chi connectivity index (χ0) is 16.2. The quantitative estimate of drug-likeness (QED) is 0.566. The average Bonchev–Trinajstić information content (AvgIpc) is 3.01. The molecule has 0 aliphatic carbocycles. The van der Waals surface area contributed by atoms with Crippen LogP contribution in [0.5, 0.6) is 0 Å². The number of amidine groups is 1. The molecule has 7 heteroatoms. The van der Waals surface area contributed by atoms with Gasteiger partial charge in [-0.2, -0.15) is 0 Å². The number of fused-ring (bicyclic) bond motifs is 1. The van der Waals surface area contributed by atoms with Crippen molar-refractivity contribution in [1.82, 2.24) is 15.3 Å². The lowest BCUT2D eigenvalue weighted by atomic mass is 10.1. The molecule has 0 spiro atoms. The highest BCUT2D eigenvalue weighted by Gasteiger charge is 2.13. The van der Waals surface area contributed by atoms with E-state index in [1.165, 1.54) is 23.1 Å². The zero-order valence-corrected chi connectivity index (χ0v) is 14.4. The third-order valence-electron chi connectivity index (χ3n) is 3.34. The van der Waals surface area contributed by atoms with E-state index in [1.54, 1.807) is 7.05 Å². The first-order valence-electron chi connectivity index (χ1n) is 7.06. The van der Waals surface area contributed by atoms with Crippen LogP contribution in [0, 0.1) is 0 Å². The minimum atomic E-state index is -0.0925. The predicted molar refractivity (Wildman–Crippen MR) is 99.4 cm³/mol. The minimum Gasteiger partial charge on any atom is -0.368 e. The number of hydrogen-bond donors (Lipinski definition) is 2. The lowest BCUT2D eigenvalue weighted by molar-refractivity contribution is 1.05. The highest BCUT2D eigenvalue weighted by Crippen LogP contribution is 2.30. The molecule has 2 heterocycles. The van der Waals surface area contributed by atoms with E-state index in [9.17, 15) is 4.79 Å². The normalized spacial score (nSPS) is 11.8. The maximum Gasteiger partial charge on any atom is 0.260 e. The second kappa shape index (κ2) is 6.97. The van der Waals surface area contributed by atoms with Gasteiger partial charge in [-0.3, -0.25) is 9.79 Å². The molecular weight excluding hydrogens is 328 g/mol. The van der Waals surface area contributed by atoms with E-state index in [2.05, 4.69) is 20.3 Å². The van der Waals surface area contributed by atoms with E-state index in [0.29, 0.717) is 17.0 Å². The smallest absolute Gasteiger partial charge is 0.260 e. The molecule has 118 valence electrons. The summed E-state index contributed by atoms with van der Waals surface area (Å²) >= 11 is 3.00. The fourth-order valence-corrected chi connectivity index (χ4v) is 3.93. The number of nitrogens with one attached hydrogen (secondary N) is 2. The van der Waals surface area contributed by atoms with Crippen molar-refractivity contribution in [3.63, 3.8) is 0 Å². The number of rotatable bonds is 3. The van der Waals surface area contributed by atoms with Crippen LogP contribution in [0.15, 0.2) is 45.5 Å². The van der Waals surface area contributed by atoms with E-state index >= 15 is 0 Å². The summed E-state index contributed by atoms with van der Waals surface area (Å²) < 4.78 is 0. The summed E-state index contributed by atoms with van der Waals surface area (Å²) in [6.07, 6.45) is 0. The third-order valence-corrected chi connectivity index (χ3v) is 5.29. The molecule has 2 N–H and O–H groups in total. The van der Waals surface area contributed by atoms with Gasteiger partial charge in [0.25, 0.3) is 5.56 Å². The van der Waals surface area contributed by atoms with Crippen molar-refractivity contribution < 1.29 is 0 Å². The van der Waals surface area contributed by atoms with Crippen LogP contribution in [0.2, 0.25) is 0 Å². The van der Waals surface area contributed by atoms with Crippen LogP contribution in [-0.4, -0.2) is 29.2 Å². The Kier molecular flexibility index (Phi) is 4.78. The Balaban J connectivity index is 1.97. The van der Waals surface area contributed by atoms with Crippen LogP contribution < -0.4 is 10.9 Å². The number of thioether (sulfide) groups is 1. The number of aromatic nitrogens is 2. The molecular formula is C16H16N4OS2. The molecule has 0 saturated heterocycles. The molecule has 0 aliphatic heterocycles. The molecule has 3 aromatic rings. The number of nitrogens with zero attached hydrogens (tertiary/aromatic N) is 2. The van der Waals surface area contributed by atoms with Crippen LogP contribution in [-0.2, 0) is 5.75 Å². The minimum absolute atomic E-state index is 0.0925. The molecule has 23 heavy (non-hydrogen) atoms. The van der Waals surface area contributed by atoms with Crippen molar-refractivity contribution in [3.8, 4) is 11.1 Å². The summed E-state index contributed by atoms with van der Waals surface area (Å²) in [6, 6.07) is 9.90. The standard InChI is InChI=1S/C16H16N4OS2/c1-17-16(18-2)23-9-12-19-14(21)13-11(8-22-15(13)20-12)10-6-4-3-5-7-10/h3-8H,9H2,1-2H3,(H,17,18)(H,19,20,21). The number of aliphatic imine (C=N–C) groups is 1. The number of hydrogen-bond acceptors (Lipinski definition) is 5. The van der Waals surface area contributed by atoms with E-state index in [4.69, 9.17) is 0 Å². The zero-order valence-electron chi connectivity index (χ0n) is 12.8. The summed E-state index contributed by atoms with van der Waals surface area (Å²) in [4.78, 5) is 24.8. The highest BCUT2D eigenvalue weighted by molar-refractivity contribution is 8.13. The Bertz CT molecular complexity index is 899. The maximum absolute atomic E-state index is 12.5. The molecule has 0 saturated carbocycles. The number of benzene rings is 1. The maximum atomic E-state index is 12.5. The first-order chi connectivity index (χ1) is 11.2. The van der Waals surface area contributed by atoms with E-state index in [-0.39, 0.29) is 5.56 Å². The van der Waals surface area contributed by atoms with Gasteiger partial charge in [0.15, 0.2) is 5.17 Å². The molecule has 5 nitrogen and oxygen atoms in total. The number of aromatic amines is 1. The van der Waals surface area contributed by atoms with Crippen LogP contribution in [0.3, 0.4) is 0 Å². The second-order valence-electron chi connectivity index (χ2n) is 4.78. The van der Waals surface area contributed by atoms with Gasteiger partial charge in [0.1, 0.15) is 10.7 Å². The van der Waals surface area contributed by atoms with Crippen LogP contribution in [0.4, 0.5) is 0 Å². The van der Waals surface area contributed by atoms with Crippen molar-refractivity contribution in [2.75, 3.05) is 14.1 Å². The Morgan fingerprint density at radius 3 is 2.87 bits per heavy atom. The van der Waals surface area contributed by atoms with Gasteiger partial charge >= 0.3 is 0 Å². The van der Waals surface area contributed by atoms with Crippen LogP contribution in [0.25, 0.3) is 21.3 Å². The van der Waals surface area contributed by atoms with Gasteiger partial charge in [-0.1, -0.05) is 42.1 Å². The summed E-state index contributed by atoms with van der Waals surface area (Å²) in [5.74, 6) is 1.22. The predicted octanol–water partition coefficient (Wildman–Crippen LogP) is 3.09. The van der Waals surface area contributed by atoms with E-state index in [1.807, 2.05) is 42.8 Å². The third kappa shape index (κ3) is 3.30. The van der Waals surface area contributed by atoms with Gasteiger partial charge < -0.3 is 10.3 Å². The van der Waals surface area contributed by atoms with Gasteiger partial charge in [-0.25, -0.2) is 4.98 Å². The largest absolute Gasteiger partial charge is 0.368 e. The van der Waals surface area contributed by atoms with Crippen molar-refractivity contribution in [1.29, 1.82) is 0 Å². The molecule has 0 amide bonds. The lowest BCUT2D eigenvalue weighted by Gasteiger charge is -2.04. The molecule has 2 aromatic heterocycles. The number of thiophene rings is 1. The van der Waals surface area contributed by atoms with Gasteiger partial charge in [0.05, 0.1) is 11.1 Å².